The SMILES string of the molecule is COC(=O)CCOCCOCCOCCOCCOCCN(C)C. The summed E-state index contributed by atoms with van der Waals surface area (Å²) in [4.78, 5) is 12.9. The third-order valence-corrected chi connectivity index (χ3v) is 2.85. The number of methoxy groups -OCH3 is 1. The molecule has 0 fully saturated rings. The van der Waals surface area contributed by atoms with Gasteiger partial charge in [-0.3, -0.25) is 4.79 Å². The van der Waals surface area contributed by atoms with Crippen LogP contribution in [0, 0.1) is 0 Å². The Balaban J connectivity index is 3.01. The monoisotopic (exact) mass is 351 g/mol. The normalized spacial score (nSPS) is 11.2. The van der Waals surface area contributed by atoms with E-state index in [0.717, 1.165) is 13.2 Å². The second-order valence-corrected chi connectivity index (χ2v) is 5.19. The zero-order chi connectivity index (χ0) is 17.9. The maximum atomic E-state index is 10.8. The zero-order valence-electron chi connectivity index (χ0n) is 15.3. The van der Waals surface area contributed by atoms with Gasteiger partial charge in [0.1, 0.15) is 0 Å². The maximum Gasteiger partial charge on any atom is 0.307 e. The fraction of sp³-hybridized carbons (Fsp3) is 0.938. The molecule has 0 amide bonds. The van der Waals surface area contributed by atoms with Gasteiger partial charge in [0.15, 0.2) is 0 Å². The molecule has 0 heterocycles. The summed E-state index contributed by atoms with van der Waals surface area (Å²) in [6, 6.07) is 0. The summed E-state index contributed by atoms with van der Waals surface area (Å²) in [6.45, 7) is 6.21. The Kier molecular flexibility index (Phi) is 18.0. The molecule has 0 bridgehead atoms. The van der Waals surface area contributed by atoms with Gasteiger partial charge in [0.25, 0.3) is 0 Å². The first-order valence-corrected chi connectivity index (χ1v) is 8.27. The van der Waals surface area contributed by atoms with Crippen molar-refractivity contribution >= 4 is 5.97 Å². The first-order chi connectivity index (χ1) is 11.7. The summed E-state index contributed by atoms with van der Waals surface area (Å²) in [5, 5.41) is 0. The van der Waals surface area contributed by atoms with Crippen LogP contribution in [0.4, 0.5) is 0 Å². The predicted octanol–water partition coefficient (Wildman–Crippen LogP) is 0.194. The summed E-state index contributed by atoms with van der Waals surface area (Å²) < 4.78 is 31.2. The van der Waals surface area contributed by atoms with Crippen molar-refractivity contribution < 1.29 is 33.2 Å². The van der Waals surface area contributed by atoms with Gasteiger partial charge in [0.05, 0.1) is 79.6 Å². The van der Waals surface area contributed by atoms with Crippen LogP contribution in [-0.4, -0.2) is 105 Å². The minimum Gasteiger partial charge on any atom is -0.469 e. The fourth-order valence-corrected chi connectivity index (χ4v) is 1.49. The smallest absolute Gasteiger partial charge is 0.307 e. The first kappa shape index (κ1) is 23.2. The van der Waals surface area contributed by atoms with Gasteiger partial charge in [-0.25, -0.2) is 0 Å². The molecule has 24 heavy (non-hydrogen) atoms. The van der Waals surface area contributed by atoms with E-state index in [1.165, 1.54) is 7.11 Å². The van der Waals surface area contributed by atoms with E-state index < -0.39 is 0 Å². The number of nitrogens with zero attached hydrogens (tertiary/aromatic N) is 1. The number of rotatable bonds is 18. The lowest BCUT2D eigenvalue weighted by molar-refractivity contribution is -0.141. The third-order valence-electron chi connectivity index (χ3n) is 2.85. The highest BCUT2D eigenvalue weighted by Gasteiger charge is 1.99. The molecule has 0 spiro atoms. The Labute approximate surface area is 145 Å². The van der Waals surface area contributed by atoms with E-state index in [9.17, 15) is 4.79 Å². The molecule has 0 aliphatic rings. The molecule has 8 nitrogen and oxygen atoms in total. The molecule has 0 aromatic heterocycles. The van der Waals surface area contributed by atoms with Gasteiger partial charge < -0.3 is 33.3 Å². The number of hydrogen-bond donors (Lipinski definition) is 0. The summed E-state index contributed by atoms with van der Waals surface area (Å²) in [5.74, 6) is -0.272. The first-order valence-electron chi connectivity index (χ1n) is 8.27. The Morgan fingerprint density at radius 3 is 1.42 bits per heavy atom. The zero-order valence-corrected chi connectivity index (χ0v) is 15.3. The second kappa shape index (κ2) is 18.6. The fourth-order valence-electron chi connectivity index (χ4n) is 1.49. The molecular weight excluding hydrogens is 318 g/mol. The van der Waals surface area contributed by atoms with Crippen LogP contribution < -0.4 is 0 Å². The van der Waals surface area contributed by atoms with Crippen molar-refractivity contribution in [1.29, 1.82) is 0 Å². The van der Waals surface area contributed by atoms with Crippen molar-refractivity contribution in [1.82, 2.24) is 4.90 Å². The van der Waals surface area contributed by atoms with Gasteiger partial charge in [-0.05, 0) is 14.1 Å². The van der Waals surface area contributed by atoms with Crippen molar-refractivity contribution in [2.45, 2.75) is 6.42 Å². The molecular formula is C16H33NO7. The number of likely N-dealkylation sites (N-methyl/N-ethyl adjacent to an activating group) is 1. The molecule has 0 aliphatic carbocycles. The molecule has 0 aromatic carbocycles. The largest absolute Gasteiger partial charge is 0.469 e. The number of hydrogen-bond acceptors (Lipinski definition) is 8. The summed E-state index contributed by atoms with van der Waals surface area (Å²) in [5.41, 5.74) is 0. The molecule has 0 radical (unpaired) electrons. The van der Waals surface area contributed by atoms with E-state index in [-0.39, 0.29) is 12.4 Å². The Hall–Kier alpha value is -0.770. The van der Waals surface area contributed by atoms with Crippen LogP contribution in [0.15, 0.2) is 0 Å². The van der Waals surface area contributed by atoms with Gasteiger partial charge in [0.2, 0.25) is 0 Å². The lowest BCUT2D eigenvalue weighted by atomic mass is 10.5. The second-order valence-electron chi connectivity index (χ2n) is 5.19. The van der Waals surface area contributed by atoms with Gasteiger partial charge >= 0.3 is 5.97 Å². The van der Waals surface area contributed by atoms with Crippen molar-refractivity contribution in [3.8, 4) is 0 Å². The molecule has 0 N–H and O–H groups in total. The molecule has 8 heteroatoms. The molecule has 0 atom stereocenters. The van der Waals surface area contributed by atoms with E-state index in [2.05, 4.69) is 9.64 Å². The molecule has 0 aromatic rings. The average Bonchev–Trinajstić information content (AvgIpc) is 2.57. The number of esters is 1. The van der Waals surface area contributed by atoms with Crippen LogP contribution in [0.1, 0.15) is 6.42 Å². The van der Waals surface area contributed by atoms with E-state index >= 15 is 0 Å². The van der Waals surface area contributed by atoms with E-state index in [1.54, 1.807) is 0 Å². The minimum atomic E-state index is -0.272. The van der Waals surface area contributed by atoms with Crippen LogP contribution >= 0.6 is 0 Å². The van der Waals surface area contributed by atoms with Crippen LogP contribution in [0.2, 0.25) is 0 Å². The van der Waals surface area contributed by atoms with Gasteiger partial charge in [-0.2, -0.15) is 0 Å². The molecule has 0 saturated heterocycles. The number of carbonyl (C=O) groups excluding carboxylic acids is 1. The Morgan fingerprint density at radius 1 is 0.667 bits per heavy atom. The van der Waals surface area contributed by atoms with Crippen LogP contribution in [-0.2, 0) is 33.2 Å². The lowest BCUT2D eigenvalue weighted by Crippen LogP contribution is -2.19. The molecule has 144 valence electrons. The predicted molar refractivity (Wildman–Crippen MR) is 89.3 cm³/mol. The van der Waals surface area contributed by atoms with E-state index in [4.69, 9.17) is 23.7 Å². The average molecular weight is 351 g/mol. The maximum absolute atomic E-state index is 10.8. The Morgan fingerprint density at radius 2 is 1.04 bits per heavy atom. The minimum absolute atomic E-state index is 0.264. The molecule has 0 aliphatic heterocycles. The van der Waals surface area contributed by atoms with E-state index in [1.807, 2.05) is 14.1 Å². The highest BCUT2D eigenvalue weighted by molar-refractivity contribution is 5.69. The van der Waals surface area contributed by atoms with Crippen LogP contribution in [0.3, 0.4) is 0 Å². The third kappa shape index (κ3) is 19.3. The van der Waals surface area contributed by atoms with Crippen molar-refractivity contribution in [2.24, 2.45) is 0 Å². The number of ether oxygens (including phenoxy) is 6. The van der Waals surface area contributed by atoms with Gasteiger partial charge in [-0.1, -0.05) is 0 Å². The lowest BCUT2D eigenvalue weighted by Gasteiger charge is -2.10. The van der Waals surface area contributed by atoms with Crippen LogP contribution in [0.25, 0.3) is 0 Å². The highest BCUT2D eigenvalue weighted by atomic mass is 16.6. The van der Waals surface area contributed by atoms with Gasteiger partial charge in [0, 0.05) is 6.54 Å². The Bertz CT molecular complexity index is 277. The summed E-state index contributed by atoms with van der Waals surface area (Å²) in [7, 11) is 5.38. The summed E-state index contributed by atoms with van der Waals surface area (Å²) in [6.07, 6.45) is 0.264. The van der Waals surface area contributed by atoms with Crippen LogP contribution in [0.5, 0.6) is 0 Å². The highest BCUT2D eigenvalue weighted by Crippen LogP contribution is 1.87. The molecule has 0 rings (SSSR count). The molecule has 0 unspecified atom stereocenters. The molecule has 0 saturated carbocycles. The number of carbonyl (C=O) groups is 1. The topological polar surface area (TPSA) is 75.7 Å². The van der Waals surface area contributed by atoms with Crippen molar-refractivity contribution in [3.05, 3.63) is 0 Å². The van der Waals surface area contributed by atoms with E-state index in [0.29, 0.717) is 59.5 Å². The summed E-state index contributed by atoms with van der Waals surface area (Å²) >= 11 is 0. The quantitative estimate of drug-likeness (QED) is 0.256. The van der Waals surface area contributed by atoms with Crippen molar-refractivity contribution in [3.63, 3.8) is 0 Å². The van der Waals surface area contributed by atoms with Crippen molar-refractivity contribution in [2.75, 3.05) is 93.8 Å². The standard InChI is InChI=1S/C16H33NO7/c1-17(2)5-7-21-9-11-23-13-15-24-14-12-22-10-8-20-6-4-16(18)19-3/h4-15H2,1-3H3. The van der Waals surface area contributed by atoms with Gasteiger partial charge in [-0.15, -0.1) is 0 Å².